The van der Waals surface area contributed by atoms with Crippen LogP contribution in [0.3, 0.4) is 0 Å². The van der Waals surface area contributed by atoms with Crippen molar-refractivity contribution in [3.05, 3.63) is 35.9 Å². The Morgan fingerprint density at radius 2 is 2.12 bits per heavy atom. The maximum Gasteiger partial charge on any atom is 0.410 e. The fourth-order valence-corrected chi connectivity index (χ4v) is 4.43. The lowest BCUT2D eigenvalue weighted by atomic mass is 9.73. The molecule has 1 amide bonds. The lowest BCUT2D eigenvalue weighted by Crippen LogP contribution is -2.50. The van der Waals surface area contributed by atoms with Crippen LogP contribution in [0.4, 0.5) is 4.79 Å². The quantitative estimate of drug-likeness (QED) is 0.787. The Morgan fingerprint density at radius 1 is 1.27 bits per heavy atom. The van der Waals surface area contributed by atoms with Gasteiger partial charge in [0.2, 0.25) is 0 Å². The number of amides is 1. The third-order valence-electron chi connectivity index (χ3n) is 5.80. The fourth-order valence-electron chi connectivity index (χ4n) is 4.43. The van der Waals surface area contributed by atoms with Gasteiger partial charge in [-0.05, 0) is 37.8 Å². The van der Waals surface area contributed by atoms with Gasteiger partial charge in [0.1, 0.15) is 11.7 Å². The number of fused-ring (bicyclic) bond motifs is 1. The molecular formula is C21H25NO4. The van der Waals surface area contributed by atoms with Crippen molar-refractivity contribution in [3.63, 3.8) is 0 Å². The summed E-state index contributed by atoms with van der Waals surface area (Å²) in [6.45, 7) is 1.76. The molecule has 3 aliphatic rings. The lowest BCUT2D eigenvalue weighted by Gasteiger charge is -2.40. The first kappa shape index (κ1) is 17.4. The van der Waals surface area contributed by atoms with Crippen molar-refractivity contribution >= 4 is 6.09 Å². The molecule has 1 saturated carbocycles. The van der Waals surface area contributed by atoms with Gasteiger partial charge in [-0.3, -0.25) is 0 Å². The van der Waals surface area contributed by atoms with Gasteiger partial charge in [-0.15, -0.1) is 0 Å². The molecule has 4 rings (SSSR count). The second kappa shape index (κ2) is 7.30. The SMILES string of the molecule is O=C(O[C@H]1CCOC1)N1CCC2C1CCC[C@]2(O)C#Cc1ccccc1. The summed E-state index contributed by atoms with van der Waals surface area (Å²) in [5, 5.41) is 11.2. The maximum atomic E-state index is 12.6. The predicted molar refractivity (Wildman–Crippen MR) is 96.4 cm³/mol. The van der Waals surface area contributed by atoms with Crippen LogP contribution in [0.25, 0.3) is 0 Å². The average molecular weight is 355 g/mol. The van der Waals surface area contributed by atoms with Crippen LogP contribution < -0.4 is 0 Å². The first-order valence-corrected chi connectivity index (χ1v) is 9.51. The Labute approximate surface area is 154 Å². The summed E-state index contributed by atoms with van der Waals surface area (Å²) in [7, 11) is 0. The molecule has 1 aromatic rings. The third-order valence-corrected chi connectivity index (χ3v) is 5.80. The van der Waals surface area contributed by atoms with E-state index < -0.39 is 5.60 Å². The van der Waals surface area contributed by atoms with Crippen LogP contribution in [0.1, 0.15) is 37.7 Å². The standard InChI is InChI=1S/C21H25NO4/c23-20(26-17-10-14-25-15-17)22-13-9-18-19(22)7-4-11-21(18,24)12-8-16-5-2-1-3-6-16/h1-3,5-6,17-19,24H,4,7,9-11,13-15H2/t17-,18?,19?,21-/m0/s1. The van der Waals surface area contributed by atoms with Crippen LogP contribution in [0.5, 0.6) is 0 Å². The molecule has 138 valence electrons. The molecule has 2 heterocycles. The summed E-state index contributed by atoms with van der Waals surface area (Å²) in [6.07, 6.45) is 3.54. The van der Waals surface area contributed by atoms with Gasteiger partial charge in [0.25, 0.3) is 0 Å². The van der Waals surface area contributed by atoms with E-state index in [-0.39, 0.29) is 24.2 Å². The number of aliphatic hydroxyl groups is 1. The molecule has 5 heteroatoms. The summed E-state index contributed by atoms with van der Waals surface area (Å²) in [5.41, 5.74) is -0.136. The Morgan fingerprint density at radius 3 is 2.88 bits per heavy atom. The predicted octanol–water partition coefficient (Wildman–Crippen LogP) is 2.57. The molecule has 26 heavy (non-hydrogen) atoms. The fraction of sp³-hybridized carbons (Fsp3) is 0.571. The zero-order chi connectivity index (χ0) is 18.0. The first-order valence-electron chi connectivity index (χ1n) is 9.51. The number of likely N-dealkylation sites (tertiary alicyclic amines) is 1. The van der Waals surface area contributed by atoms with Crippen molar-refractivity contribution in [2.45, 2.75) is 49.9 Å². The lowest BCUT2D eigenvalue weighted by molar-refractivity contribution is -0.0181. The molecule has 5 nitrogen and oxygen atoms in total. The highest BCUT2D eigenvalue weighted by molar-refractivity contribution is 5.69. The number of hydrogen-bond donors (Lipinski definition) is 1. The Bertz CT molecular complexity index is 704. The van der Waals surface area contributed by atoms with Crippen LogP contribution in [0.2, 0.25) is 0 Å². The monoisotopic (exact) mass is 355 g/mol. The largest absolute Gasteiger partial charge is 0.444 e. The molecule has 1 aliphatic carbocycles. The van der Waals surface area contributed by atoms with Crippen molar-refractivity contribution in [3.8, 4) is 11.8 Å². The zero-order valence-electron chi connectivity index (χ0n) is 14.9. The van der Waals surface area contributed by atoms with E-state index in [1.54, 1.807) is 4.90 Å². The molecule has 2 saturated heterocycles. The molecule has 2 aliphatic heterocycles. The zero-order valence-corrected chi connectivity index (χ0v) is 14.9. The molecule has 1 aromatic carbocycles. The number of carbonyl (C=O) groups is 1. The Balaban J connectivity index is 1.47. The van der Waals surface area contributed by atoms with E-state index >= 15 is 0 Å². The molecule has 0 bridgehead atoms. The summed E-state index contributed by atoms with van der Waals surface area (Å²) in [6, 6.07) is 9.73. The third kappa shape index (κ3) is 3.44. The van der Waals surface area contributed by atoms with Gasteiger partial charge < -0.3 is 19.5 Å². The molecule has 2 unspecified atom stereocenters. The number of rotatable bonds is 1. The number of benzene rings is 1. The van der Waals surface area contributed by atoms with Crippen LogP contribution in [-0.4, -0.2) is 53.6 Å². The van der Waals surface area contributed by atoms with Crippen LogP contribution >= 0.6 is 0 Å². The summed E-state index contributed by atoms with van der Waals surface area (Å²) >= 11 is 0. The minimum atomic E-state index is -1.04. The Kier molecular flexibility index (Phi) is 4.88. The molecule has 0 spiro atoms. The minimum Gasteiger partial charge on any atom is -0.444 e. The molecule has 0 aromatic heterocycles. The van der Waals surface area contributed by atoms with Crippen molar-refractivity contribution in [1.29, 1.82) is 0 Å². The highest BCUT2D eigenvalue weighted by Crippen LogP contribution is 2.43. The van der Waals surface area contributed by atoms with Gasteiger partial charge >= 0.3 is 6.09 Å². The summed E-state index contributed by atoms with van der Waals surface area (Å²) < 4.78 is 10.9. The molecule has 1 N–H and O–H groups in total. The van der Waals surface area contributed by atoms with Crippen molar-refractivity contribution in [1.82, 2.24) is 4.90 Å². The van der Waals surface area contributed by atoms with Gasteiger partial charge in [0.05, 0.1) is 13.2 Å². The van der Waals surface area contributed by atoms with Crippen molar-refractivity contribution < 1.29 is 19.4 Å². The van der Waals surface area contributed by atoms with E-state index in [9.17, 15) is 9.90 Å². The number of ether oxygens (including phenoxy) is 2. The normalized spacial score (nSPS) is 33.3. The van der Waals surface area contributed by atoms with E-state index in [1.165, 1.54) is 0 Å². The summed E-state index contributed by atoms with van der Waals surface area (Å²) in [4.78, 5) is 14.4. The van der Waals surface area contributed by atoms with Gasteiger partial charge in [-0.25, -0.2) is 4.79 Å². The Hall–Kier alpha value is -2.03. The second-order valence-electron chi connectivity index (χ2n) is 7.46. The topological polar surface area (TPSA) is 59.0 Å². The smallest absolute Gasteiger partial charge is 0.410 e. The first-order chi connectivity index (χ1) is 12.7. The average Bonchev–Trinajstić information content (AvgIpc) is 3.31. The van der Waals surface area contributed by atoms with Crippen LogP contribution in [0.15, 0.2) is 30.3 Å². The number of carbonyl (C=O) groups excluding carboxylic acids is 1. The highest BCUT2D eigenvalue weighted by Gasteiger charge is 2.50. The molecule has 4 atom stereocenters. The van der Waals surface area contributed by atoms with Crippen LogP contribution in [-0.2, 0) is 9.47 Å². The van der Waals surface area contributed by atoms with Gasteiger partial charge in [-0.2, -0.15) is 0 Å². The van der Waals surface area contributed by atoms with E-state index in [0.29, 0.717) is 26.2 Å². The molecular weight excluding hydrogens is 330 g/mol. The molecule has 0 radical (unpaired) electrons. The van der Waals surface area contributed by atoms with Crippen molar-refractivity contribution in [2.75, 3.05) is 19.8 Å². The van der Waals surface area contributed by atoms with Gasteiger partial charge in [0, 0.05) is 30.5 Å². The van der Waals surface area contributed by atoms with E-state index in [1.807, 2.05) is 30.3 Å². The second-order valence-corrected chi connectivity index (χ2v) is 7.46. The van der Waals surface area contributed by atoms with E-state index in [2.05, 4.69) is 11.8 Å². The van der Waals surface area contributed by atoms with Gasteiger partial charge in [-0.1, -0.05) is 30.0 Å². The van der Waals surface area contributed by atoms with Gasteiger partial charge in [0.15, 0.2) is 0 Å². The highest BCUT2D eigenvalue weighted by atomic mass is 16.6. The summed E-state index contributed by atoms with van der Waals surface area (Å²) in [5.74, 6) is 6.23. The van der Waals surface area contributed by atoms with Crippen molar-refractivity contribution in [2.24, 2.45) is 5.92 Å². The minimum absolute atomic E-state index is 0.00800. The van der Waals surface area contributed by atoms with Crippen LogP contribution in [0, 0.1) is 17.8 Å². The maximum absolute atomic E-state index is 12.6. The number of nitrogens with zero attached hydrogens (tertiary/aromatic N) is 1. The number of hydrogen-bond acceptors (Lipinski definition) is 4. The van der Waals surface area contributed by atoms with E-state index in [0.717, 1.165) is 31.2 Å². The molecule has 3 fully saturated rings. The van der Waals surface area contributed by atoms with E-state index in [4.69, 9.17) is 9.47 Å².